The molecular formula is C10H9NO3. The van der Waals surface area contributed by atoms with Crippen LogP contribution in [0, 0.1) is 10.1 Å². The summed E-state index contributed by atoms with van der Waals surface area (Å²) in [6.45, 7) is -0.432. The third-order valence-corrected chi connectivity index (χ3v) is 1.61. The fourth-order valence-corrected chi connectivity index (χ4v) is 1.03. The van der Waals surface area contributed by atoms with Crippen LogP contribution in [0.1, 0.15) is 5.56 Å². The normalized spacial score (nSPS) is 11.0. The van der Waals surface area contributed by atoms with Crippen molar-refractivity contribution in [3.05, 3.63) is 51.6 Å². The van der Waals surface area contributed by atoms with Crippen molar-refractivity contribution in [2.75, 3.05) is 6.54 Å². The molecule has 0 saturated carbocycles. The van der Waals surface area contributed by atoms with Gasteiger partial charge in [-0.15, -0.1) is 0 Å². The summed E-state index contributed by atoms with van der Waals surface area (Å²) in [7, 11) is 0. The lowest BCUT2D eigenvalue weighted by molar-refractivity contribution is -0.469. The molecule has 0 saturated heterocycles. The minimum absolute atomic E-state index is 0.168. The maximum absolute atomic E-state index is 10.5. The Kier molecular flexibility index (Phi) is 3.55. The van der Waals surface area contributed by atoms with Crippen LogP contribution in [0.4, 0.5) is 0 Å². The molecule has 0 fully saturated rings. The summed E-state index contributed by atoms with van der Waals surface area (Å²) in [5.74, 6) is 0. The first-order chi connectivity index (χ1) is 6.72. The molecule has 0 aliphatic carbocycles. The minimum atomic E-state index is -0.525. The highest BCUT2D eigenvalue weighted by Gasteiger charge is 2.03. The number of carbonyl (C=O) groups excluding carboxylic acids is 1. The molecule has 72 valence electrons. The molecule has 0 amide bonds. The molecule has 0 N–H and O–H groups in total. The molecule has 1 aromatic rings. The van der Waals surface area contributed by atoms with Crippen molar-refractivity contribution in [2.45, 2.75) is 0 Å². The Bertz CT molecular complexity index is 357. The average Bonchev–Trinajstić information content (AvgIpc) is 2.17. The van der Waals surface area contributed by atoms with Crippen LogP contribution in [0.3, 0.4) is 0 Å². The van der Waals surface area contributed by atoms with E-state index in [1.54, 1.807) is 24.3 Å². The van der Waals surface area contributed by atoms with Crippen molar-refractivity contribution < 1.29 is 9.72 Å². The van der Waals surface area contributed by atoms with Crippen LogP contribution in [0.15, 0.2) is 35.9 Å². The zero-order valence-corrected chi connectivity index (χ0v) is 7.42. The second-order valence-corrected chi connectivity index (χ2v) is 2.74. The van der Waals surface area contributed by atoms with E-state index in [4.69, 9.17) is 0 Å². The Morgan fingerprint density at radius 2 is 2.00 bits per heavy atom. The van der Waals surface area contributed by atoms with Gasteiger partial charge in [-0.2, -0.15) is 0 Å². The van der Waals surface area contributed by atoms with Gasteiger partial charge in [-0.25, -0.2) is 0 Å². The lowest BCUT2D eigenvalue weighted by Crippen LogP contribution is -2.04. The maximum Gasteiger partial charge on any atom is 0.232 e. The number of benzene rings is 1. The first-order valence-corrected chi connectivity index (χ1v) is 4.05. The highest BCUT2D eigenvalue weighted by atomic mass is 16.6. The van der Waals surface area contributed by atoms with Gasteiger partial charge in [0.25, 0.3) is 0 Å². The number of nitro groups is 1. The summed E-state index contributed by atoms with van der Waals surface area (Å²) in [4.78, 5) is 20.1. The van der Waals surface area contributed by atoms with E-state index in [2.05, 4.69) is 0 Å². The van der Waals surface area contributed by atoms with E-state index in [9.17, 15) is 14.9 Å². The Morgan fingerprint density at radius 1 is 1.36 bits per heavy atom. The van der Waals surface area contributed by atoms with E-state index >= 15 is 0 Å². The van der Waals surface area contributed by atoms with Crippen molar-refractivity contribution in [2.24, 2.45) is 0 Å². The second kappa shape index (κ2) is 4.91. The van der Waals surface area contributed by atoms with Gasteiger partial charge in [0, 0.05) is 4.92 Å². The summed E-state index contributed by atoms with van der Waals surface area (Å²) >= 11 is 0. The second-order valence-electron chi connectivity index (χ2n) is 2.74. The van der Waals surface area contributed by atoms with E-state index in [-0.39, 0.29) is 5.57 Å². The largest absolute Gasteiger partial charge is 0.298 e. The van der Waals surface area contributed by atoms with Crippen LogP contribution in [0.5, 0.6) is 0 Å². The summed E-state index contributed by atoms with van der Waals surface area (Å²) in [5.41, 5.74) is 0.956. The quantitative estimate of drug-likeness (QED) is 0.314. The first-order valence-electron chi connectivity index (χ1n) is 4.05. The van der Waals surface area contributed by atoms with Crippen LogP contribution in [0.2, 0.25) is 0 Å². The Hall–Kier alpha value is -1.97. The topological polar surface area (TPSA) is 60.2 Å². The molecule has 4 nitrogen and oxygen atoms in total. The van der Waals surface area contributed by atoms with Crippen molar-refractivity contribution >= 4 is 12.4 Å². The van der Waals surface area contributed by atoms with Gasteiger partial charge in [0.1, 0.15) is 0 Å². The average molecular weight is 191 g/mol. The molecule has 0 bridgehead atoms. The SMILES string of the molecule is O=CC(=Cc1ccccc1)C[N+](=O)[O-]. The third-order valence-electron chi connectivity index (χ3n) is 1.61. The Balaban J connectivity index is 2.84. The van der Waals surface area contributed by atoms with Gasteiger partial charge in [0.05, 0.1) is 5.57 Å². The molecule has 0 heterocycles. The van der Waals surface area contributed by atoms with Gasteiger partial charge >= 0.3 is 0 Å². The van der Waals surface area contributed by atoms with Crippen molar-refractivity contribution in [3.8, 4) is 0 Å². The third kappa shape index (κ3) is 3.18. The van der Waals surface area contributed by atoms with Crippen molar-refractivity contribution in [3.63, 3.8) is 0 Å². The summed E-state index contributed by atoms with van der Waals surface area (Å²) < 4.78 is 0. The number of hydrogen-bond donors (Lipinski definition) is 0. The molecule has 0 unspecified atom stereocenters. The van der Waals surface area contributed by atoms with E-state index in [1.807, 2.05) is 6.07 Å². The highest BCUT2D eigenvalue weighted by Crippen LogP contribution is 2.04. The number of hydrogen-bond acceptors (Lipinski definition) is 3. The van der Waals surface area contributed by atoms with Gasteiger partial charge in [-0.1, -0.05) is 30.3 Å². The minimum Gasteiger partial charge on any atom is -0.298 e. The fourth-order valence-electron chi connectivity index (χ4n) is 1.03. The van der Waals surface area contributed by atoms with Gasteiger partial charge < -0.3 is 0 Å². The molecule has 0 radical (unpaired) electrons. The zero-order chi connectivity index (χ0) is 10.4. The van der Waals surface area contributed by atoms with E-state index in [1.165, 1.54) is 6.08 Å². The lowest BCUT2D eigenvalue weighted by atomic mass is 10.1. The van der Waals surface area contributed by atoms with Crippen LogP contribution in [-0.2, 0) is 4.79 Å². The van der Waals surface area contributed by atoms with Gasteiger partial charge in [0.15, 0.2) is 6.29 Å². The molecule has 4 heteroatoms. The molecule has 0 aliphatic heterocycles. The van der Waals surface area contributed by atoms with Gasteiger partial charge in [-0.05, 0) is 11.6 Å². The number of rotatable bonds is 4. The summed E-state index contributed by atoms with van der Waals surface area (Å²) in [6.07, 6.45) is 2.02. The lowest BCUT2D eigenvalue weighted by Gasteiger charge is -1.94. The molecule has 0 atom stereocenters. The highest BCUT2D eigenvalue weighted by molar-refractivity contribution is 5.81. The number of carbonyl (C=O) groups is 1. The van der Waals surface area contributed by atoms with Gasteiger partial charge in [-0.3, -0.25) is 14.9 Å². The Labute approximate surface area is 81.0 Å². The zero-order valence-electron chi connectivity index (χ0n) is 7.42. The summed E-state index contributed by atoms with van der Waals surface area (Å²) in [6, 6.07) is 9.01. The van der Waals surface area contributed by atoms with Crippen molar-refractivity contribution in [1.29, 1.82) is 0 Å². The van der Waals surface area contributed by atoms with Crippen LogP contribution in [0.25, 0.3) is 6.08 Å². The molecule has 0 aliphatic rings. The standard InChI is InChI=1S/C10H9NO3/c12-8-10(7-11(13)14)6-9-4-2-1-3-5-9/h1-6,8H,7H2. The van der Waals surface area contributed by atoms with E-state index in [0.717, 1.165) is 5.56 Å². The first kappa shape index (κ1) is 10.1. The molecule has 0 aromatic heterocycles. The summed E-state index contributed by atoms with van der Waals surface area (Å²) in [5, 5.41) is 10.2. The van der Waals surface area contributed by atoms with Crippen LogP contribution >= 0.6 is 0 Å². The maximum atomic E-state index is 10.5. The Morgan fingerprint density at radius 3 is 2.50 bits per heavy atom. The smallest absolute Gasteiger partial charge is 0.232 e. The number of nitrogens with zero attached hydrogens (tertiary/aromatic N) is 1. The van der Waals surface area contributed by atoms with Gasteiger partial charge in [0.2, 0.25) is 6.54 Å². The molecule has 1 aromatic carbocycles. The van der Waals surface area contributed by atoms with E-state index < -0.39 is 11.5 Å². The number of aldehydes is 1. The fraction of sp³-hybridized carbons (Fsp3) is 0.100. The predicted octanol–water partition coefficient (Wildman–Crippen LogP) is 1.55. The molecular weight excluding hydrogens is 182 g/mol. The van der Waals surface area contributed by atoms with Crippen LogP contribution in [-0.4, -0.2) is 17.8 Å². The predicted molar refractivity (Wildman–Crippen MR) is 52.3 cm³/mol. The van der Waals surface area contributed by atoms with E-state index in [0.29, 0.717) is 6.29 Å². The van der Waals surface area contributed by atoms with Crippen molar-refractivity contribution in [1.82, 2.24) is 0 Å². The molecule has 14 heavy (non-hydrogen) atoms. The monoisotopic (exact) mass is 191 g/mol. The molecule has 1 rings (SSSR count). The molecule has 0 spiro atoms. The van der Waals surface area contributed by atoms with Crippen LogP contribution < -0.4 is 0 Å².